The second-order valence-corrected chi connectivity index (χ2v) is 7.80. The number of ketones is 1. The standard InChI is InChI=1S/C26H19F4NO5/c1-35-18-4-3-5-19(36-2)20(18)23(32)21-22(14-6-10-16(27)11-7-14)31(25(34)24(21)33)17-12-8-15(9-13-17)26(28,29)30/h3-13,22,32H,1-2H3/b23-21+. The number of carbonyl (C=O) groups is 2. The molecule has 1 amide bonds. The summed E-state index contributed by atoms with van der Waals surface area (Å²) in [7, 11) is 2.67. The molecule has 1 fully saturated rings. The van der Waals surface area contributed by atoms with E-state index in [2.05, 4.69) is 0 Å². The summed E-state index contributed by atoms with van der Waals surface area (Å²) in [6.45, 7) is 0. The fourth-order valence-corrected chi connectivity index (χ4v) is 4.09. The van der Waals surface area contributed by atoms with Crippen LogP contribution in [0.15, 0.2) is 72.3 Å². The zero-order valence-corrected chi connectivity index (χ0v) is 19.0. The number of halogens is 4. The van der Waals surface area contributed by atoms with Crippen molar-refractivity contribution in [3.63, 3.8) is 0 Å². The molecule has 4 rings (SSSR count). The summed E-state index contributed by atoms with van der Waals surface area (Å²) in [5.41, 5.74) is -1.09. The number of Topliss-reactive ketones (excluding diaryl/α,β-unsaturated/α-hetero) is 1. The molecular formula is C26H19F4NO5. The molecule has 1 aliphatic heterocycles. The molecule has 0 aliphatic carbocycles. The van der Waals surface area contributed by atoms with Crippen LogP contribution in [-0.4, -0.2) is 31.0 Å². The number of ether oxygens (including phenoxy) is 2. The summed E-state index contributed by atoms with van der Waals surface area (Å²) in [5, 5.41) is 11.3. The normalized spacial score (nSPS) is 17.4. The molecule has 1 heterocycles. The fraction of sp³-hybridized carbons (Fsp3) is 0.154. The summed E-state index contributed by atoms with van der Waals surface area (Å²) < 4.78 is 63.5. The topological polar surface area (TPSA) is 76.1 Å². The first-order chi connectivity index (χ1) is 17.1. The highest BCUT2D eigenvalue weighted by Crippen LogP contribution is 2.45. The lowest BCUT2D eigenvalue weighted by Crippen LogP contribution is -2.29. The van der Waals surface area contributed by atoms with Gasteiger partial charge >= 0.3 is 6.18 Å². The van der Waals surface area contributed by atoms with Gasteiger partial charge in [-0.25, -0.2) is 4.39 Å². The maximum atomic E-state index is 13.7. The van der Waals surface area contributed by atoms with Crippen molar-refractivity contribution >= 4 is 23.1 Å². The number of methoxy groups -OCH3 is 2. The van der Waals surface area contributed by atoms with Gasteiger partial charge in [0.25, 0.3) is 11.7 Å². The summed E-state index contributed by atoms with van der Waals surface area (Å²) >= 11 is 0. The van der Waals surface area contributed by atoms with Crippen molar-refractivity contribution in [2.75, 3.05) is 19.1 Å². The van der Waals surface area contributed by atoms with Gasteiger partial charge in [0.2, 0.25) is 0 Å². The summed E-state index contributed by atoms with van der Waals surface area (Å²) in [5.74, 6) is -3.09. The number of hydrogen-bond acceptors (Lipinski definition) is 5. The largest absolute Gasteiger partial charge is 0.506 e. The highest BCUT2D eigenvalue weighted by Gasteiger charge is 2.47. The number of aliphatic hydroxyl groups is 1. The van der Waals surface area contributed by atoms with E-state index in [0.29, 0.717) is 0 Å². The first-order valence-electron chi connectivity index (χ1n) is 10.5. The van der Waals surface area contributed by atoms with Crippen LogP contribution in [0.1, 0.15) is 22.7 Å². The summed E-state index contributed by atoms with van der Waals surface area (Å²) in [6.07, 6.45) is -4.61. The first-order valence-corrected chi connectivity index (χ1v) is 10.5. The van der Waals surface area contributed by atoms with Crippen molar-refractivity contribution in [2.24, 2.45) is 0 Å². The van der Waals surface area contributed by atoms with E-state index in [-0.39, 0.29) is 33.9 Å². The van der Waals surface area contributed by atoms with E-state index >= 15 is 0 Å². The van der Waals surface area contributed by atoms with Gasteiger partial charge in [-0.3, -0.25) is 14.5 Å². The number of alkyl halides is 3. The second-order valence-electron chi connectivity index (χ2n) is 7.80. The zero-order chi connectivity index (χ0) is 26.2. The highest BCUT2D eigenvalue weighted by molar-refractivity contribution is 6.51. The Morgan fingerprint density at radius 1 is 0.889 bits per heavy atom. The molecule has 3 aromatic rings. The minimum absolute atomic E-state index is 0.0000287. The van der Waals surface area contributed by atoms with Crippen LogP contribution in [0.5, 0.6) is 11.5 Å². The number of hydrogen-bond donors (Lipinski definition) is 1. The van der Waals surface area contributed by atoms with Crippen LogP contribution >= 0.6 is 0 Å². The van der Waals surface area contributed by atoms with Crippen molar-refractivity contribution < 1.29 is 41.7 Å². The Bertz CT molecular complexity index is 1330. The molecule has 0 radical (unpaired) electrons. The molecule has 1 atom stereocenters. The van der Waals surface area contributed by atoms with Gasteiger partial charge in [-0.1, -0.05) is 18.2 Å². The van der Waals surface area contributed by atoms with Crippen molar-refractivity contribution in [3.8, 4) is 11.5 Å². The Labute approximate surface area is 203 Å². The highest BCUT2D eigenvalue weighted by atomic mass is 19.4. The maximum Gasteiger partial charge on any atom is 0.416 e. The number of rotatable bonds is 5. The van der Waals surface area contributed by atoms with E-state index in [1.165, 1.54) is 38.5 Å². The van der Waals surface area contributed by atoms with Crippen molar-refractivity contribution in [1.29, 1.82) is 0 Å². The molecular weight excluding hydrogens is 482 g/mol. The van der Waals surface area contributed by atoms with Crippen LogP contribution in [0.4, 0.5) is 23.2 Å². The Kier molecular flexibility index (Phi) is 6.45. The predicted octanol–water partition coefficient (Wildman–Crippen LogP) is 5.49. The Morgan fingerprint density at radius 3 is 1.94 bits per heavy atom. The van der Waals surface area contributed by atoms with Gasteiger partial charge in [0, 0.05) is 5.69 Å². The molecule has 3 aromatic carbocycles. The third-order valence-corrected chi connectivity index (χ3v) is 5.77. The minimum Gasteiger partial charge on any atom is -0.506 e. The predicted molar refractivity (Wildman–Crippen MR) is 122 cm³/mol. The van der Waals surface area contributed by atoms with Crippen molar-refractivity contribution in [2.45, 2.75) is 12.2 Å². The number of nitrogens with zero attached hydrogens (tertiary/aromatic N) is 1. The van der Waals surface area contributed by atoms with E-state index in [4.69, 9.17) is 9.47 Å². The van der Waals surface area contributed by atoms with E-state index in [1.54, 1.807) is 6.07 Å². The minimum atomic E-state index is -4.61. The molecule has 0 aromatic heterocycles. The van der Waals surface area contributed by atoms with Crippen molar-refractivity contribution in [3.05, 3.63) is 94.8 Å². The summed E-state index contributed by atoms with van der Waals surface area (Å²) in [6, 6.07) is 11.8. The molecule has 1 N–H and O–H groups in total. The number of benzene rings is 3. The van der Waals surface area contributed by atoms with Gasteiger partial charge in [0.1, 0.15) is 28.6 Å². The zero-order valence-electron chi connectivity index (χ0n) is 19.0. The SMILES string of the molecule is COc1cccc(OC)c1/C(O)=C1\C(=O)C(=O)N(c2ccc(C(F)(F)F)cc2)C1c1ccc(F)cc1. The molecule has 1 saturated heterocycles. The molecule has 0 bridgehead atoms. The van der Waals surface area contributed by atoms with Crippen LogP contribution in [0, 0.1) is 5.82 Å². The van der Waals surface area contributed by atoms with Gasteiger partial charge < -0.3 is 14.6 Å². The molecule has 36 heavy (non-hydrogen) atoms. The number of amides is 1. The average Bonchev–Trinajstić information content (AvgIpc) is 3.13. The van der Waals surface area contributed by atoms with Gasteiger partial charge in [-0.05, 0) is 54.1 Å². The van der Waals surface area contributed by atoms with Gasteiger partial charge in [0.05, 0.1) is 31.4 Å². The Hall–Kier alpha value is -4.34. The number of carbonyl (C=O) groups excluding carboxylic acids is 2. The molecule has 10 heteroatoms. The Balaban J connectivity index is 1.97. The van der Waals surface area contributed by atoms with Crippen LogP contribution in [-0.2, 0) is 15.8 Å². The molecule has 0 saturated carbocycles. The number of anilines is 1. The van der Waals surface area contributed by atoms with Crippen LogP contribution < -0.4 is 14.4 Å². The summed E-state index contributed by atoms with van der Waals surface area (Å²) in [4.78, 5) is 27.4. The van der Waals surface area contributed by atoms with Gasteiger partial charge in [-0.2, -0.15) is 13.2 Å². The van der Waals surface area contributed by atoms with Gasteiger partial charge in [-0.15, -0.1) is 0 Å². The monoisotopic (exact) mass is 501 g/mol. The van der Waals surface area contributed by atoms with Crippen LogP contribution in [0.2, 0.25) is 0 Å². The quantitative estimate of drug-likeness (QED) is 0.217. The van der Waals surface area contributed by atoms with Crippen LogP contribution in [0.3, 0.4) is 0 Å². The first kappa shape index (κ1) is 24.8. The molecule has 186 valence electrons. The maximum absolute atomic E-state index is 13.7. The molecule has 1 aliphatic rings. The van der Waals surface area contributed by atoms with Crippen LogP contribution in [0.25, 0.3) is 5.76 Å². The third-order valence-electron chi connectivity index (χ3n) is 5.77. The van der Waals surface area contributed by atoms with E-state index in [0.717, 1.165) is 41.3 Å². The lowest BCUT2D eigenvalue weighted by atomic mass is 9.94. The lowest BCUT2D eigenvalue weighted by Gasteiger charge is -2.26. The Morgan fingerprint density at radius 2 is 1.44 bits per heavy atom. The fourth-order valence-electron chi connectivity index (χ4n) is 4.09. The third kappa shape index (κ3) is 4.26. The second kappa shape index (κ2) is 9.37. The molecule has 1 unspecified atom stereocenters. The lowest BCUT2D eigenvalue weighted by molar-refractivity contribution is -0.137. The van der Waals surface area contributed by atoms with E-state index in [9.17, 15) is 32.3 Å². The van der Waals surface area contributed by atoms with Crippen molar-refractivity contribution in [1.82, 2.24) is 0 Å². The molecule has 0 spiro atoms. The number of aliphatic hydroxyl groups excluding tert-OH is 1. The average molecular weight is 501 g/mol. The van der Waals surface area contributed by atoms with E-state index in [1.807, 2.05) is 0 Å². The van der Waals surface area contributed by atoms with E-state index < -0.39 is 41.0 Å². The molecule has 6 nitrogen and oxygen atoms in total. The smallest absolute Gasteiger partial charge is 0.416 e. The van der Waals surface area contributed by atoms with Gasteiger partial charge in [0.15, 0.2) is 0 Å².